The monoisotopic (exact) mass is 394 g/mol. The molecule has 8 heteroatoms. The van der Waals surface area contributed by atoms with Crippen molar-refractivity contribution in [2.24, 2.45) is 0 Å². The van der Waals surface area contributed by atoms with Crippen LogP contribution in [-0.4, -0.2) is 63.9 Å². The van der Waals surface area contributed by atoms with Crippen molar-refractivity contribution in [3.63, 3.8) is 0 Å². The largest absolute Gasteiger partial charge is 0.401 e. The number of alkyl halides is 3. The van der Waals surface area contributed by atoms with Gasteiger partial charge in [0.25, 0.3) is 5.91 Å². The average molecular weight is 394 g/mol. The van der Waals surface area contributed by atoms with E-state index in [-0.39, 0.29) is 37.5 Å². The molecule has 152 valence electrons. The van der Waals surface area contributed by atoms with Gasteiger partial charge < -0.3 is 4.90 Å². The molecule has 1 atom stereocenters. The first-order chi connectivity index (χ1) is 13.2. The highest BCUT2D eigenvalue weighted by Crippen LogP contribution is 2.26. The molecule has 28 heavy (non-hydrogen) atoms. The van der Waals surface area contributed by atoms with Crippen molar-refractivity contribution in [1.29, 1.82) is 0 Å². The predicted octanol–water partition coefficient (Wildman–Crippen LogP) is 3.70. The van der Waals surface area contributed by atoms with Gasteiger partial charge in [-0.2, -0.15) is 18.3 Å². The molecule has 1 aliphatic rings. The minimum Gasteiger partial charge on any atom is -0.336 e. The van der Waals surface area contributed by atoms with Crippen LogP contribution in [0, 0.1) is 0 Å². The van der Waals surface area contributed by atoms with Gasteiger partial charge in [-0.05, 0) is 25.0 Å². The lowest BCUT2D eigenvalue weighted by molar-refractivity contribution is -0.153. The van der Waals surface area contributed by atoms with Crippen LogP contribution < -0.4 is 0 Å². The second-order valence-electron chi connectivity index (χ2n) is 7.53. The predicted molar refractivity (Wildman–Crippen MR) is 101 cm³/mol. The molecule has 1 aromatic carbocycles. The molecule has 1 aromatic heterocycles. The van der Waals surface area contributed by atoms with Crippen molar-refractivity contribution in [2.45, 2.75) is 38.9 Å². The zero-order valence-electron chi connectivity index (χ0n) is 16.3. The fourth-order valence-corrected chi connectivity index (χ4v) is 3.67. The first-order valence-electron chi connectivity index (χ1n) is 9.41. The summed E-state index contributed by atoms with van der Waals surface area (Å²) >= 11 is 0. The molecule has 1 aliphatic heterocycles. The van der Waals surface area contributed by atoms with Gasteiger partial charge >= 0.3 is 6.18 Å². The number of nitrogens with zero attached hydrogens (tertiary/aromatic N) is 4. The second-order valence-corrected chi connectivity index (χ2v) is 7.53. The number of aromatic nitrogens is 2. The number of rotatable bonds is 4. The van der Waals surface area contributed by atoms with E-state index in [1.165, 1.54) is 4.90 Å². The number of hydrogen-bond donors (Lipinski definition) is 0. The van der Waals surface area contributed by atoms with Crippen LogP contribution in [0.15, 0.2) is 36.5 Å². The van der Waals surface area contributed by atoms with Crippen LogP contribution in [0.4, 0.5) is 13.2 Å². The maximum Gasteiger partial charge on any atom is 0.401 e. The fraction of sp³-hybridized carbons (Fsp3) is 0.500. The van der Waals surface area contributed by atoms with E-state index in [0.29, 0.717) is 5.56 Å². The van der Waals surface area contributed by atoms with Gasteiger partial charge in [-0.25, -0.2) is 4.68 Å². The van der Waals surface area contributed by atoms with Crippen molar-refractivity contribution in [1.82, 2.24) is 19.6 Å². The summed E-state index contributed by atoms with van der Waals surface area (Å²) in [5.41, 5.74) is 2.19. The smallest absolute Gasteiger partial charge is 0.336 e. The highest BCUT2D eigenvalue weighted by molar-refractivity contribution is 5.95. The first kappa shape index (κ1) is 20.4. The average Bonchev–Trinajstić information content (AvgIpc) is 3.08. The second kappa shape index (κ2) is 7.95. The van der Waals surface area contributed by atoms with Gasteiger partial charge in [-0.3, -0.25) is 9.69 Å². The minimum absolute atomic E-state index is 0.0607. The summed E-state index contributed by atoms with van der Waals surface area (Å²) in [6.07, 6.45) is -2.67. The molecule has 0 radical (unpaired) electrons. The molecule has 2 heterocycles. The molecule has 0 aliphatic carbocycles. The number of carbonyl (C=O) groups excluding carboxylic acids is 1. The number of carbonyl (C=O) groups is 1. The van der Waals surface area contributed by atoms with Crippen LogP contribution in [0.3, 0.4) is 0 Å². The maximum atomic E-state index is 13.1. The Morgan fingerprint density at radius 2 is 1.89 bits per heavy atom. The van der Waals surface area contributed by atoms with Gasteiger partial charge in [0.2, 0.25) is 0 Å². The third-order valence-electron chi connectivity index (χ3n) is 5.02. The Bertz CT molecular complexity index is 817. The molecular weight excluding hydrogens is 369 g/mol. The molecule has 1 saturated heterocycles. The van der Waals surface area contributed by atoms with Crippen LogP contribution in [0.2, 0.25) is 0 Å². The van der Waals surface area contributed by atoms with Gasteiger partial charge in [0.1, 0.15) is 0 Å². The SMILES string of the molecule is CC(C)c1c(C(=O)N2CCN(CC(F)(F)F)[C@H](C)C2)cnn1-c1ccccc1. The van der Waals surface area contributed by atoms with Crippen LogP contribution in [0.5, 0.6) is 0 Å². The summed E-state index contributed by atoms with van der Waals surface area (Å²) in [6.45, 7) is 5.52. The van der Waals surface area contributed by atoms with Crippen LogP contribution in [-0.2, 0) is 0 Å². The summed E-state index contributed by atoms with van der Waals surface area (Å²) in [5, 5.41) is 4.42. The molecular formula is C20H25F3N4O. The van der Waals surface area contributed by atoms with Crippen molar-refractivity contribution < 1.29 is 18.0 Å². The molecule has 0 bridgehead atoms. The molecule has 1 fully saturated rings. The van der Waals surface area contributed by atoms with E-state index in [0.717, 1.165) is 11.4 Å². The highest BCUT2D eigenvalue weighted by Gasteiger charge is 2.36. The van der Waals surface area contributed by atoms with E-state index in [1.54, 1.807) is 22.7 Å². The number of halogens is 3. The van der Waals surface area contributed by atoms with E-state index in [1.807, 2.05) is 44.2 Å². The molecule has 1 amide bonds. The molecule has 0 saturated carbocycles. The van der Waals surface area contributed by atoms with Crippen LogP contribution in [0.25, 0.3) is 5.69 Å². The van der Waals surface area contributed by atoms with E-state index >= 15 is 0 Å². The first-order valence-corrected chi connectivity index (χ1v) is 9.41. The Labute approximate surface area is 162 Å². The lowest BCUT2D eigenvalue weighted by atomic mass is 10.0. The summed E-state index contributed by atoms with van der Waals surface area (Å²) in [7, 11) is 0. The van der Waals surface area contributed by atoms with Crippen molar-refractivity contribution in [3.8, 4) is 5.69 Å². The van der Waals surface area contributed by atoms with Crippen LogP contribution >= 0.6 is 0 Å². The Balaban J connectivity index is 1.81. The van der Waals surface area contributed by atoms with E-state index < -0.39 is 12.7 Å². The lowest BCUT2D eigenvalue weighted by Crippen LogP contribution is -2.55. The zero-order chi connectivity index (χ0) is 20.5. The Hall–Kier alpha value is -2.35. The minimum atomic E-state index is -4.23. The van der Waals surface area contributed by atoms with E-state index in [2.05, 4.69) is 5.10 Å². The normalized spacial score (nSPS) is 18.7. The third-order valence-corrected chi connectivity index (χ3v) is 5.02. The maximum absolute atomic E-state index is 13.1. The Morgan fingerprint density at radius 3 is 2.46 bits per heavy atom. The number of para-hydroxylation sites is 1. The standard InChI is InChI=1S/C20H25F3N4O/c1-14(2)18-17(11-24-27(18)16-7-5-4-6-8-16)19(28)25-9-10-26(15(3)12-25)13-20(21,22)23/h4-8,11,14-15H,9-10,12-13H2,1-3H3/t15-/m1/s1. The topological polar surface area (TPSA) is 41.4 Å². The Morgan fingerprint density at radius 1 is 1.21 bits per heavy atom. The zero-order valence-corrected chi connectivity index (χ0v) is 16.3. The number of benzene rings is 1. The molecule has 0 N–H and O–H groups in total. The highest BCUT2D eigenvalue weighted by atomic mass is 19.4. The van der Waals surface area contributed by atoms with Crippen molar-refractivity contribution >= 4 is 5.91 Å². The van der Waals surface area contributed by atoms with E-state index in [9.17, 15) is 18.0 Å². The summed E-state index contributed by atoms with van der Waals surface area (Å²) in [5.74, 6) is -0.116. The van der Waals surface area contributed by atoms with Crippen molar-refractivity contribution in [3.05, 3.63) is 47.8 Å². The van der Waals surface area contributed by atoms with Gasteiger partial charge in [0.15, 0.2) is 0 Å². The number of piperazine rings is 1. The summed E-state index contributed by atoms with van der Waals surface area (Å²) in [4.78, 5) is 16.1. The van der Waals surface area contributed by atoms with Gasteiger partial charge in [-0.1, -0.05) is 32.0 Å². The van der Waals surface area contributed by atoms with Crippen LogP contribution in [0.1, 0.15) is 42.7 Å². The molecule has 3 rings (SSSR count). The van der Waals surface area contributed by atoms with E-state index in [4.69, 9.17) is 0 Å². The Kier molecular flexibility index (Phi) is 5.79. The quantitative estimate of drug-likeness (QED) is 0.794. The summed E-state index contributed by atoms with van der Waals surface area (Å²) < 4.78 is 39.9. The molecule has 5 nitrogen and oxygen atoms in total. The third kappa shape index (κ3) is 4.38. The molecule has 2 aromatic rings. The summed E-state index contributed by atoms with van der Waals surface area (Å²) in [6, 6.07) is 9.21. The molecule has 0 spiro atoms. The number of hydrogen-bond acceptors (Lipinski definition) is 3. The van der Waals surface area contributed by atoms with Gasteiger partial charge in [-0.15, -0.1) is 0 Å². The van der Waals surface area contributed by atoms with Gasteiger partial charge in [0, 0.05) is 25.7 Å². The fourth-order valence-electron chi connectivity index (χ4n) is 3.67. The van der Waals surface area contributed by atoms with Gasteiger partial charge in [0.05, 0.1) is 29.7 Å². The van der Waals surface area contributed by atoms with Crippen molar-refractivity contribution in [2.75, 3.05) is 26.2 Å². The lowest BCUT2D eigenvalue weighted by Gasteiger charge is -2.40. The molecule has 0 unspecified atom stereocenters. The number of amides is 1.